The molecule has 0 heterocycles. The lowest BCUT2D eigenvalue weighted by Gasteiger charge is -2.39. The third-order valence-electron chi connectivity index (χ3n) is 4.54. The van der Waals surface area contributed by atoms with Gasteiger partial charge in [-0.15, -0.1) is 0 Å². The molecule has 0 aromatic heterocycles. The second kappa shape index (κ2) is 5.89. The predicted molar refractivity (Wildman–Crippen MR) is 66.0 cm³/mol. The number of rotatable bonds is 3. The van der Waals surface area contributed by atoms with Crippen LogP contribution in [0.15, 0.2) is 0 Å². The fourth-order valence-corrected chi connectivity index (χ4v) is 3.80. The molecule has 2 aliphatic carbocycles. The zero-order chi connectivity index (χ0) is 10.5. The zero-order valence-corrected chi connectivity index (χ0v) is 10.3. The van der Waals surface area contributed by atoms with E-state index in [9.17, 15) is 0 Å². The van der Waals surface area contributed by atoms with E-state index in [4.69, 9.17) is 0 Å². The highest BCUT2D eigenvalue weighted by molar-refractivity contribution is 4.86. The van der Waals surface area contributed by atoms with E-state index in [-0.39, 0.29) is 0 Å². The van der Waals surface area contributed by atoms with E-state index in [0.29, 0.717) is 0 Å². The van der Waals surface area contributed by atoms with Crippen molar-refractivity contribution < 1.29 is 0 Å². The first-order valence-corrected chi connectivity index (χ1v) is 7.15. The fraction of sp³-hybridized carbons (Fsp3) is 1.00. The van der Waals surface area contributed by atoms with Crippen LogP contribution >= 0.6 is 0 Å². The summed E-state index contributed by atoms with van der Waals surface area (Å²) in [5.74, 6) is 2.07. The van der Waals surface area contributed by atoms with Crippen LogP contribution < -0.4 is 5.32 Å². The Morgan fingerprint density at radius 3 is 2.27 bits per heavy atom. The van der Waals surface area contributed by atoms with Crippen LogP contribution in [0.1, 0.15) is 64.7 Å². The van der Waals surface area contributed by atoms with Crippen LogP contribution in [0.2, 0.25) is 0 Å². The van der Waals surface area contributed by atoms with Crippen molar-refractivity contribution >= 4 is 0 Å². The first kappa shape index (κ1) is 11.4. The van der Waals surface area contributed by atoms with Gasteiger partial charge in [-0.2, -0.15) is 0 Å². The minimum Gasteiger partial charge on any atom is -0.314 e. The molecule has 2 unspecified atom stereocenters. The normalized spacial score (nSPS) is 34.2. The Bertz CT molecular complexity index is 159. The van der Waals surface area contributed by atoms with Crippen molar-refractivity contribution in [2.45, 2.75) is 70.8 Å². The van der Waals surface area contributed by atoms with Gasteiger partial charge in [0.2, 0.25) is 0 Å². The van der Waals surface area contributed by atoms with E-state index < -0.39 is 0 Å². The average Bonchev–Trinajstić information content (AvgIpc) is 2.31. The molecule has 2 rings (SSSR count). The lowest BCUT2D eigenvalue weighted by atomic mass is 9.71. The molecule has 2 aliphatic rings. The lowest BCUT2D eigenvalue weighted by Crippen LogP contribution is -2.42. The van der Waals surface area contributed by atoms with Crippen LogP contribution in [-0.2, 0) is 0 Å². The van der Waals surface area contributed by atoms with Gasteiger partial charge >= 0.3 is 0 Å². The quantitative estimate of drug-likeness (QED) is 0.746. The predicted octanol–water partition coefficient (Wildman–Crippen LogP) is 3.74. The molecule has 0 saturated heterocycles. The van der Waals surface area contributed by atoms with Gasteiger partial charge in [0.1, 0.15) is 0 Å². The maximum atomic E-state index is 3.73. The Morgan fingerprint density at radius 2 is 1.53 bits per heavy atom. The Hall–Kier alpha value is -0.0400. The van der Waals surface area contributed by atoms with E-state index in [1.54, 1.807) is 0 Å². The van der Waals surface area contributed by atoms with Gasteiger partial charge in [-0.1, -0.05) is 51.9 Å². The average molecular weight is 209 g/mol. The van der Waals surface area contributed by atoms with Crippen molar-refractivity contribution in [3.05, 3.63) is 0 Å². The summed E-state index contributed by atoms with van der Waals surface area (Å²) in [5.41, 5.74) is 0. The Morgan fingerprint density at radius 1 is 0.867 bits per heavy atom. The van der Waals surface area contributed by atoms with E-state index in [0.717, 1.165) is 24.4 Å². The highest BCUT2D eigenvalue weighted by atomic mass is 14.9. The SMILES string of the molecule is CCNC1CCCCC1C1CCCCC1. The van der Waals surface area contributed by atoms with E-state index >= 15 is 0 Å². The molecule has 1 N–H and O–H groups in total. The molecular weight excluding hydrogens is 182 g/mol. The minimum absolute atomic E-state index is 0.854. The minimum atomic E-state index is 0.854. The summed E-state index contributed by atoms with van der Waals surface area (Å²) in [4.78, 5) is 0. The van der Waals surface area contributed by atoms with Crippen molar-refractivity contribution in [2.75, 3.05) is 6.54 Å². The standard InChI is InChI=1S/C14H27N/c1-2-15-14-11-7-6-10-13(14)12-8-4-3-5-9-12/h12-15H,2-11H2,1H3. The van der Waals surface area contributed by atoms with Crippen molar-refractivity contribution in [3.8, 4) is 0 Å². The van der Waals surface area contributed by atoms with Crippen LogP contribution in [0, 0.1) is 11.8 Å². The number of hydrogen-bond acceptors (Lipinski definition) is 1. The van der Waals surface area contributed by atoms with Gasteiger partial charge in [0.05, 0.1) is 0 Å². The third-order valence-corrected chi connectivity index (χ3v) is 4.54. The molecular formula is C14H27N. The summed E-state index contributed by atoms with van der Waals surface area (Å²) in [6, 6.07) is 0.854. The maximum absolute atomic E-state index is 3.73. The zero-order valence-electron chi connectivity index (χ0n) is 10.3. The summed E-state index contributed by atoms with van der Waals surface area (Å²) in [6.07, 6.45) is 13.4. The first-order valence-electron chi connectivity index (χ1n) is 7.15. The van der Waals surface area contributed by atoms with Crippen molar-refractivity contribution in [1.29, 1.82) is 0 Å². The molecule has 1 nitrogen and oxygen atoms in total. The molecule has 0 aromatic rings. The molecule has 2 fully saturated rings. The van der Waals surface area contributed by atoms with E-state index in [1.165, 1.54) is 57.8 Å². The number of nitrogens with one attached hydrogen (secondary N) is 1. The lowest BCUT2D eigenvalue weighted by molar-refractivity contribution is 0.151. The fourth-order valence-electron chi connectivity index (χ4n) is 3.80. The van der Waals surface area contributed by atoms with Gasteiger partial charge in [0.25, 0.3) is 0 Å². The molecule has 0 amide bonds. The molecule has 2 atom stereocenters. The van der Waals surface area contributed by atoms with Crippen molar-refractivity contribution in [3.63, 3.8) is 0 Å². The van der Waals surface area contributed by atoms with E-state index in [2.05, 4.69) is 12.2 Å². The Kier molecular flexibility index (Phi) is 4.49. The smallest absolute Gasteiger partial charge is 0.00978 e. The first-order chi connectivity index (χ1) is 7.42. The largest absolute Gasteiger partial charge is 0.314 e. The van der Waals surface area contributed by atoms with Gasteiger partial charge in [-0.05, 0) is 31.2 Å². The molecule has 15 heavy (non-hydrogen) atoms. The third kappa shape index (κ3) is 2.96. The summed E-state index contributed by atoms with van der Waals surface area (Å²) in [6.45, 7) is 3.42. The molecule has 1 heteroatoms. The number of hydrogen-bond donors (Lipinski definition) is 1. The molecule has 2 saturated carbocycles. The molecule has 0 spiro atoms. The van der Waals surface area contributed by atoms with Crippen molar-refractivity contribution in [2.24, 2.45) is 11.8 Å². The van der Waals surface area contributed by atoms with Gasteiger partial charge in [-0.25, -0.2) is 0 Å². The summed E-state index contributed by atoms with van der Waals surface area (Å²) in [5, 5.41) is 3.73. The molecule has 0 bridgehead atoms. The van der Waals surface area contributed by atoms with Crippen LogP contribution in [0.5, 0.6) is 0 Å². The van der Waals surface area contributed by atoms with Gasteiger partial charge in [-0.3, -0.25) is 0 Å². The summed E-state index contributed by atoms with van der Waals surface area (Å²) in [7, 11) is 0. The highest BCUT2D eigenvalue weighted by Gasteiger charge is 2.31. The van der Waals surface area contributed by atoms with Crippen LogP contribution in [0.3, 0.4) is 0 Å². The van der Waals surface area contributed by atoms with Gasteiger partial charge in [0, 0.05) is 6.04 Å². The summed E-state index contributed by atoms with van der Waals surface area (Å²) < 4.78 is 0. The topological polar surface area (TPSA) is 12.0 Å². The van der Waals surface area contributed by atoms with Crippen LogP contribution in [0.4, 0.5) is 0 Å². The Labute approximate surface area is 95.0 Å². The monoisotopic (exact) mass is 209 g/mol. The van der Waals surface area contributed by atoms with Crippen molar-refractivity contribution in [1.82, 2.24) is 5.32 Å². The molecule has 88 valence electrons. The second-order valence-corrected chi connectivity index (χ2v) is 5.51. The maximum Gasteiger partial charge on any atom is 0.00978 e. The highest BCUT2D eigenvalue weighted by Crippen LogP contribution is 2.38. The van der Waals surface area contributed by atoms with Gasteiger partial charge in [0.15, 0.2) is 0 Å². The summed E-state index contributed by atoms with van der Waals surface area (Å²) >= 11 is 0. The van der Waals surface area contributed by atoms with Crippen LogP contribution in [0.25, 0.3) is 0 Å². The van der Waals surface area contributed by atoms with Crippen LogP contribution in [-0.4, -0.2) is 12.6 Å². The molecule has 0 aromatic carbocycles. The van der Waals surface area contributed by atoms with Gasteiger partial charge < -0.3 is 5.32 Å². The Balaban J connectivity index is 1.90. The van der Waals surface area contributed by atoms with E-state index in [1.807, 2.05) is 0 Å². The molecule has 0 radical (unpaired) electrons. The second-order valence-electron chi connectivity index (χ2n) is 5.51. The molecule has 0 aliphatic heterocycles.